The lowest BCUT2D eigenvalue weighted by Gasteiger charge is -2.35. The number of rotatable bonds is 5. The number of carboxylic acid groups (broad SMARTS) is 1. The lowest BCUT2D eigenvalue weighted by molar-refractivity contribution is 0.0702. The number of carboxylic acids is 1. The molecule has 6 nitrogen and oxygen atoms in total. The molecule has 21 heavy (non-hydrogen) atoms. The second-order valence-electron chi connectivity index (χ2n) is 5.44. The predicted octanol–water partition coefficient (Wildman–Crippen LogP) is 1.73. The highest BCUT2D eigenvalue weighted by atomic mass is 32.2. The van der Waals surface area contributed by atoms with Crippen molar-refractivity contribution in [3.63, 3.8) is 0 Å². The van der Waals surface area contributed by atoms with Crippen molar-refractivity contribution in [3.8, 4) is 0 Å². The average molecular weight is 333 g/mol. The van der Waals surface area contributed by atoms with Gasteiger partial charge in [0.05, 0.1) is 17.0 Å². The standard InChI is InChI=1S/C13H19NO5S2/c1-9-11(7-10(20-9)12(16)17)21(18,19)14-13(8-15)5-3-2-4-6-13/h7,14-15H,2-6,8H2,1H3,(H,16,17). The van der Waals surface area contributed by atoms with E-state index >= 15 is 0 Å². The number of aliphatic hydroxyl groups excluding tert-OH is 1. The first kappa shape index (κ1) is 16.4. The summed E-state index contributed by atoms with van der Waals surface area (Å²) in [5.41, 5.74) is -0.825. The van der Waals surface area contributed by atoms with E-state index in [9.17, 15) is 18.3 Å². The first-order valence-electron chi connectivity index (χ1n) is 6.78. The highest BCUT2D eigenvalue weighted by Gasteiger charge is 2.37. The Bertz CT molecular complexity index is 629. The van der Waals surface area contributed by atoms with Gasteiger partial charge >= 0.3 is 5.97 Å². The lowest BCUT2D eigenvalue weighted by atomic mass is 9.83. The molecule has 118 valence electrons. The third kappa shape index (κ3) is 3.45. The Labute approximate surface area is 127 Å². The van der Waals surface area contributed by atoms with E-state index in [-0.39, 0.29) is 16.4 Å². The van der Waals surface area contributed by atoms with Crippen molar-refractivity contribution in [2.24, 2.45) is 0 Å². The molecule has 1 saturated carbocycles. The first-order chi connectivity index (χ1) is 9.80. The van der Waals surface area contributed by atoms with E-state index in [0.29, 0.717) is 17.7 Å². The number of hydrogen-bond acceptors (Lipinski definition) is 5. The van der Waals surface area contributed by atoms with Gasteiger partial charge in [-0.2, -0.15) is 0 Å². The summed E-state index contributed by atoms with van der Waals surface area (Å²) in [5.74, 6) is -1.14. The minimum Gasteiger partial charge on any atom is -0.477 e. The molecular weight excluding hydrogens is 314 g/mol. The highest BCUT2D eigenvalue weighted by molar-refractivity contribution is 7.89. The fraction of sp³-hybridized carbons (Fsp3) is 0.615. The van der Waals surface area contributed by atoms with Gasteiger partial charge in [-0.25, -0.2) is 17.9 Å². The number of aryl methyl sites for hydroxylation is 1. The maximum atomic E-state index is 12.5. The van der Waals surface area contributed by atoms with Crippen LogP contribution < -0.4 is 4.72 Å². The fourth-order valence-corrected chi connectivity index (χ4v) is 5.58. The summed E-state index contributed by atoms with van der Waals surface area (Å²) in [6.45, 7) is 1.33. The fourth-order valence-electron chi connectivity index (χ4n) is 2.70. The van der Waals surface area contributed by atoms with Gasteiger partial charge in [-0.3, -0.25) is 0 Å². The topological polar surface area (TPSA) is 104 Å². The molecular formula is C13H19NO5S2. The minimum atomic E-state index is -3.84. The number of sulfonamides is 1. The van der Waals surface area contributed by atoms with Crippen molar-refractivity contribution in [2.45, 2.75) is 49.5 Å². The molecule has 0 amide bonds. The molecule has 0 atom stereocenters. The normalized spacial score (nSPS) is 18.6. The maximum Gasteiger partial charge on any atom is 0.345 e. The summed E-state index contributed by atoms with van der Waals surface area (Å²) in [4.78, 5) is 11.4. The number of hydrogen-bond donors (Lipinski definition) is 3. The van der Waals surface area contributed by atoms with Crippen LogP contribution in [0.1, 0.15) is 46.7 Å². The number of aromatic carboxylic acids is 1. The van der Waals surface area contributed by atoms with Crippen molar-refractivity contribution in [1.82, 2.24) is 4.72 Å². The van der Waals surface area contributed by atoms with E-state index in [1.807, 2.05) is 0 Å². The number of aliphatic hydroxyl groups is 1. The van der Waals surface area contributed by atoms with Gasteiger partial charge in [-0.15, -0.1) is 11.3 Å². The van der Waals surface area contributed by atoms with Crippen LogP contribution in [0.4, 0.5) is 0 Å². The molecule has 1 aromatic heterocycles. The summed E-state index contributed by atoms with van der Waals surface area (Å²) in [6.07, 6.45) is 3.96. The zero-order valence-corrected chi connectivity index (χ0v) is 13.4. The summed E-state index contributed by atoms with van der Waals surface area (Å²) < 4.78 is 27.6. The van der Waals surface area contributed by atoms with Gasteiger partial charge in [0.25, 0.3) is 0 Å². The Morgan fingerprint density at radius 1 is 1.38 bits per heavy atom. The smallest absolute Gasteiger partial charge is 0.345 e. The van der Waals surface area contributed by atoms with Crippen LogP contribution >= 0.6 is 11.3 Å². The second-order valence-corrected chi connectivity index (χ2v) is 8.35. The van der Waals surface area contributed by atoms with Crippen LogP contribution in [0.15, 0.2) is 11.0 Å². The van der Waals surface area contributed by atoms with Crippen LogP contribution in [-0.2, 0) is 10.0 Å². The van der Waals surface area contributed by atoms with Crippen molar-refractivity contribution < 1.29 is 23.4 Å². The van der Waals surface area contributed by atoms with Gasteiger partial charge in [0.1, 0.15) is 4.88 Å². The second kappa shape index (κ2) is 6.04. The Morgan fingerprint density at radius 3 is 2.48 bits per heavy atom. The zero-order chi connectivity index (χ0) is 15.7. The van der Waals surface area contributed by atoms with Crippen LogP contribution in [0.2, 0.25) is 0 Å². The van der Waals surface area contributed by atoms with Gasteiger partial charge < -0.3 is 10.2 Å². The van der Waals surface area contributed by atoms with Crippen molar-refractivity contribution in [2.75, 3.05) is 6.61 Å². The molecule has 0 saturated heterocycles. The Balaban J connectivity index is 2.31. The summed E-state index contributed by atoms with van der Waals surface area (Å²) in [6, 6.07) is 1.18. The van der Waals surface area contributed by atoms with Crippen molar-refractivity contribution >= 4 is 27.3 Å². The van der Waals surface area contributed by atoms with E-state index in [1.165, 1.54) is 6.07 Å². The molecule has 0 spiro atoms. The molecule has 0 aliphatic heterocycles. The molecule has 1 aromatic rings. The molecule has 1 aliphatic rings. The number of carbonyl (C=O) groups is 1. The predicted molar refractivity (Wildman–Crippen MR) is 79.2 cm³/mol. The van der Waals surface area contributed by atoms with Gasteiger partial charge in [0.15, 0.2) is 0 Å². The number of thiophene rings is 1. The third-order valence-electron chi connectivity index (χ3n) is 3.84. The van der Waals surface area contributed by atoms with E-state index in [2.05, 4.69) is 4.72 Å². The van der Waals surface area contributed by atoms with E-state index in [0.717, 1.165) is 30.6 Å². The molecule has 0 unspecified atom stereocenters. The van der Waals surface area contributed by atoms with E-state index in [1.54, 1.807) is 6.92 Å². The van der Waals surface area contributed by atoms with Gasteiger partial charge in [-0.1, -0.05) is 19.3 Å². The molecule has 1 heterocycles. The van der Waals surface area contributed by atoms with Gasteiger partial charge in [0, 0.05) is 4.88 Å². The number of nitrogens with one attached hydrogen (secondary N) is 1. The van der Waals surface area contributed by atoms with Gasteiger partial charge in [-0.05, 0) is 25.8 Å². The molecule has 2 rings (SSSR count). The Hall–Kier alpha value is -0.960. The molecule has 0 radical (unpaired) electrons. The zero-order valence-electron chi connectivity index (χ0n) is 11.8. The third-order valence-corrected chi connectivity index (χ3v) is 6.71. The van der Waals surface area contributed by atoms with Crippen LogP contribution in [-0.4, -0.2) is 36.7 Å². The first-order valence-corrected chi connectivity index (χ1v) is 9.08. The summed E-state index contributed by atoms with van der Waals surface area (Å²) >= 11 is 0.937. The van der Waals surface area contributed by atoms with Crippen molar-refractivity contribution in [1.29, 1.82) is 0 Å². The van der Waals surface area contributed by atoms with Crippen LogP contribution in [0, 0.1) is 6.92 Å². The molecule has 8 heteroatoms. The Kier molecular flexibility index (Phi) is 4.72. The monoisotopic (exact) mass is 333 g/mol. The molecule has 0 bridgehead atoms. The minimum absolute atomic E-state index is 0.00503. The molecule has 0 aromatic carbocycles. The van der Waals surface area contributed by atoms with Crippen molar-refractivity contribution in [3.05, 3.63) is 15.8 Å². The van der Waals surface area contributed by atoms with E-state index < -0.39 is 21.5 Å². The Morgan fingerprint density at radius 2 is 2.00 bits per heavy atom. The average Bonchev–Trinajstić information content (AvgIpc) is 2.82. The molecule has 1 aliphatic carbocycles. The molecule has 1 fully saturated rings. The molecule has 3 N–H and O–H groups in total. The van der Waals surface area contributed by atoms with Crippen LogP contribution in [0.3, 0.4) is 0 Å². The maximum absolute atomic E-state index is 12.5. The highest BCUT2D eigenvalue weighted by Crippen LogP contribution is 2.32. The van der Waals surface area contributed by atoms with Gasteiger partial charge in [0.2, 0.25) is 10.0 Å². The summed E-state index contributed by atoms with van der Waals surface area (Å²) in [5, 5.41) is 18.6. The van der Waals surface area contributed by atoms with Crippen LogP contribution in [0.5, 0.6) is 0 Å². The summed E-state index contributed by atoms with van der Waals surface area (Å²) in [7, 11) is -3.84. The largest absolute Gasteiger partial charge is 0.477 e. The quantitative estimate of drug-likeness (QED) is 0.761. The van der Waals surface area contributed by atoms with E-state index in [4.69, 9.17) is 5.11 Å². The van der Waals surface area contributed by atoms with Crippen LogP contribution in [0.25, 0.3) is 0 Å². The lowest BCUT2D eigenvalue weighted by Crippen LogP contribution is -2.52. The SMILES string of the molecule is Cc1sc(C(=O)O)cc1S(=O)(=O)NC1(CO)CCCCC1.